The smallest absolute Gasteiger partial charge is 0.344 e. The quantitative estimate of drug-likeness (QED) is 0.633. The molecule has 0 spiro atoms. The van der Waals surface area contributed by atoms with Crippen molar-refractivity contribution in [2.24, 2.45) is 0 Å². The Hall–Kier alpha value is -3.29. The molecule has 2 aromatic heterocycles. The van der Waals surface area contributed by atoms with E-state index in [1.54, 1.807) is 24.5 Å². The van der Waals surface area contributed by atoms with Crippen molar-refractivity contribution < 1.29 is 18.0 Å². The maximum atomic E-state index is 12.5. The van der Waals surface area contributed by atoms with Crippen LogP contribution >= 0.6 is 0 Å². The average molecular weight is 346 g/mol. The number of aromatic amines is 1. The Bertz CT molecular complexity index is 929. The summed E-state index contributed by atoms with van der Waals surface area (Å²) < 4.78 is 37.6. The van der Waals surface area contributed by atoms with Gasteiger partial charge in [0.05, 0.1) is 11.3 Å². The molecule has 3 aromatic rings. The van der Waals surface area contributed by atoms with Crippen molar-refractivity contribution in [1.29, 1.82) is 0 Å². The van der Waals surface area contributed by atoms with E-state index in [-0.39, 0.29) is 5.69 Å². The number of rotatable bonds is 3. The number of nitrogens with zero attached hydrogens (tertiary/aromatic N) is 1. The van der Waals surface area contributed by atoms with E-state index >= 15 is 0 Å². The number of anilines is 2. The molecule has 2 heterocycles. The van der Waals surface area contributed by atoms with E-state index in [0.29, 0.717) is 16.7 Å². The van der Waals surface area contributed by atoms with E-state index in [1.807, 2.05) is 0 Å². The van der Waals surface area contributed by atoms with Crippen LogP contribution in [0.4, 0.5) is 29.3 Å². The number of halogens is 3. The van der Waals surface area contributed by atoms with Crippen LogP contribution in [0.3, 0.4) is 0 Å². The minimum Gasteiger partial charge on any atom is -0.344 e. The van der Waals surface area contributed by atoms with Gasteiger partial charge in [-0.15, -0.1) is 0 Å². The molecule has 2 amide bonds. The summed E-state index contributed by atoms with van der Waals surface area (Å²) >= 11 is 0. The maximum absolute atomic E-state index is 12.5. The molecule has 0 fully saturated rings. The lowest BCUT2D eigenvalue weighted by Gasteiger charge is -2.09. The normalized spacial score (nSPS) is 11.3. The van der Waals surface area contributed by atoms with Gasteiger partial charge in [-0.1, -0.05) is 12.7 Å². The molecule has 1 aromatic carbocycles. The Kier molecular flexibility index (Phi) is 4.18. The first-order valence-corrected chi connectivity index (χ1v) is 7.21. The predicted molar refractivity (Wildman–Crippen MR) is 90.3 cm³/mol. The van der Waals surface area contributed by atoms with Gasteiger partial charge in [0.1, 0.15) is 5.65 Å². The van der Waals surface area contributed by atoms with Crippen LogP contribution in [0.2, 0.25) is 0 Å². The summed E-state index contributed by atoms with van der Waals surface area (Å²) in [4.78, 5) is 19.2. The molecule has 0 saturated carbocycles. The molecule has 3 rings (SSSR count). The third-order valence-corrected chi connectivity index (χ3v) is 3.51. The highest BCUT2D eigenvalue weighted by Crippen LogP contribution is 2.30. The van der Waals surface area contributed by atoms with Crippen molar-refractivity contribution >= 4 is 34.5 Å². The lowest BCUT2D eigenvalue weighted by molar-refractivity contribution is -0.137. The summed E-state index contributed by atoms with van der Waals surface area (Å²) in [5.74, 6) is 0. The van der Waals surface area contributed by atoms with Crippen LogP contribution in [0.15, 0.2) is 49.3 Å². The number of nitrogens with one attached hydrogen (secondary N) is 3. The molecule has 0 bridgehead atoms. The van der Waals surface area contributed by atoms with E-state index in [2.05, 4.69) is 27.2 Å². The second kappa shape index (κ2) is 6.31. The number of urea groups is 1. The Balaban J connectivity index is 1.73. The van der Waals surface area contributed by atoms with Gasteiger partial charge in [0.2, 0.25) is 0 Å². The first-order valence-electron chi connectivity index (χ1n) is 7.21. The fourth-order valence-corrected chi connectivity index (χ4v) is 2.26. The van der Waals surface area contributed by atoms with E-state index in [9.17, 15) is 18.0 Å². The van der Waals surface area contributed by atoms with Crippen molar-refractivity contribution in [3.8, 4) is 0 Å². The summed E-state index contributed by atoms with van der Waals surface area (Å²) in [5, 5.41) is 5.81. The third kappa shape index (κ3) is 3.63. The van der Waals surface area contributed by atoms with Gasteiger partial charge in [0.15, 0.2) is 0 Å². The molecule has 0 aliphatic rings. The molecule has 0 aliphatic heterocycles. The Morgan fingerprint density at radius 2 is 1.92 bits per heavy atom. The highest BCUT2D eigenvalue weighted by Gasteiger charge is 2.29. The number of alkyl halides is 3. The zero-order valence-electron chi connectivity index (χ0n) is 12.8. The predicted octanol–water partition coefficient (Wildman–Crippen LogP) is 4.87. The van der Waals surface area contributed by atoms with Gasteiger partial charge in [-0.25, -0.2) is 9.78 Å². The molecule has 0 saturated heterocycles. The van der Waals surface area contributed by atoms with Gasteiger partial charge in [0, 0.05) is 23.5 Å². The summed E-state index contributed by atoms with van der Waals surface area (Å²) in [6.07, 6.45) is 0.431. The molecule has 0 unspecified atom stereocenters. The topological polar surface area (TPSA) is 69.8 Å². The molecule has 8 heteroatoms. The van der Waals surface area contributed by atoms with Crippen LogP contribution in [0, 0.1) is 0 Å². The van der Waals surface area contributed by atoms with Gasteiger partial charge < -0.3 is 15.6 Å². The lowest BCUT2D eigenvalue weighted by Crippen LogP contribution is -2.19. The van der Waals surface area contributed by atoms with Crippen LogP contribution in [-0.2, 0) is 6.18 Å². The molecule has 3 N–H and O–H groups in total. The van der Waals surface area contributed by atoms with Gasteiger partial charge in [-0.05, 0) is 35.9 Å². The van der Waals surface area contributed by atoms with Crippen molar-refractivity contribution in [3.63, 3.8) is 0 Å². The Morgan fingerprint density at radius 1 is 1.20 bits per heavy atom. The maximum Gasteiger partial charge on any atom is 0.416 e. The third-order valence-electron chi connectivity index (χ3n) is 3.51. The highest BCUT2D eigenvalue weighted by atomic mass is 19.4. The fourth-order valence-electron chi connectivity index (χ4n) is 2.26. The van der Waals surface area contributed by atoms with E-state index in [4.69, 9.17) is 0 Å². The Morgan fingerprint density at radius 3 is 2.56 bits per heavy atom. The minimum atomic E-state index is -4.42. The Labute approximate surface area is 140 Å². The molecule has 0 radical (unpaired) electrons. The fraction of sp³-hybridized carbons (Fsp3) is 0.0588. The number of hydrogen-bond donors (Lipinski definition) is 3. The van der Waals surface area contributed by atoms with Crippen molar-refractivity contribution in [2.45, 2.75) is 6.18 Å². The summed E-state index contributed by atoms with van der Waals surface area (Å²) in [7, 11) is 0. The molecular weight excluding hydrogens is 333 g/mol. The summed E-state index contributed by atoms with van der Waals surface area (Å²) in [6.45, 7) is 3.66. The number of carbonyl (C=O) groups excluding carboxylic acids is 1. The van der Waals surface area contributed by atoms with E-state index in [1.165, 1.54) is 12.1 Å². The van der Waals surface area contributed by atoms with Gasteiger partial charge in [0.25, 0.3) is 0 Å². The van der Waals surface area contributed by atoms with Crippen LogP contribution < -0.4 is 10.6 Å². The van der Waals surface area contributed by atoms with Crippen molar-refractivity contribution in [1.82, 2.24) is 9.97 Å². The molecule has 0 aliphatic carbocycles. The number of fused-ring (bicyclic) bond motifs is 1. The molecule has 5 nitrogen and oxygen atoms in total. The molecule has 0 atom stereocenters. The van der Waals surface area contributed by atoms with Crippen molar-refractivity contribution in [3.05, 3.63) is 60.4 Å². The zero-order chi connectivity index (χ0) is 18.0. The number of hydrogen-bond acceptors (Lipinski definition) is 2. The number of H-pyrrole nitrogens is 1. The zero-order valence-corrected chi connectivity index (χ0v) is 12.8. The largest absolute Gasteiger partial charge is 0.416 e. The van der Waals surface area contributed by atoms with E-state index < -0.39 is 17.8 Å². The number of carbonyl (C=O) groups is 1. The first kappa shape index (κ1) is 16.6. The molecule has 128 valence electrons. The summed E-state index contributed by atoms with van der Waals surface area (Å²) in [6, 6.07) is 5.41. The standard InChI is InChI=1S/C17H13F3N4O/c1-2-10-7-13-14(9-22-15(13)21-8-10)24-16(25)23-12-5-3-11(4-6-12)17(18,19)20/h2-9H,1H2,(H,21,22)(H2,23,24,25). The van der Waals surface area contributed by atoms with Gasteiger partial charge in [-0.2, -0.15) is 13.2 Å². The number of benzene rings is 1. The van der Waals surface area contributed by atoms with Gasteiger partial charge in [-0.3, -0.25) is 0 Å². The minimum absolute atomic E-state index is 0.246. The van der Waals surface area contributed by atoms with Crippen LogP contribution in [-0.4, -0.2) is 16.0 Å². The first-order chi connectivity index (χ1) is 11.9. The highest BCUT2D eigenvalue weighted by molar-refractivity contribution is 6.05. The second-order valence-electron chi connectivity index (χ2n) is 5.23. The van der Waals surface area contributed by atoms with Gasteiger partial charge >= 0.3 is 12.2 Å². The van der Waals surface area contributed by atoms with Crippen molar-refractivity contribution in [2.75, 3.05) is 10.6 Å². The lowest BCUT2D eigenvalue weighted by atomic mass is 10.2. The summed E-state index contributed by atoms with van der Waals surface area (Å²) in [5.41, 5.74) is 1.35. The second-order valence-corrected chi connectivity index (χ2v) is 5.23. The number of pyridine rings is 1. The number of amides is 2. The monoisotopic (exact) mass is 346 g/mol. The SMILES string of the molecule is C=Cc1cnc2[nH]cc(NC(=O)Nc3ccc(C(F)(F)F)cc3)c2c1. The van der Waals surface area contributed by atoms with E-state index in [0.717, 1.165) is 17.7 Å². The molecule has 25 heavy (non-hydrogen) atoms. The average Bonchev–Trinajstić information content (AvgIpc) is 2.96. The number of aromatic nitrogens is 2. The van der Waals surface area contributed by atoms with Crippen LogP contribution in [0.25, 0.3) is 17.1 Å². The van der Waals surface area contributed by atoms with Crippen LogP contribution in [0.5, 0.6) is 0 Å². The molecular formula is C17H13F3N4O. The van der Waals surface area contributed by atoms with Crippen LogP contribution in [0.1, 0.15) is 11.1 Å².